The average molecular weight is 321 g/mol. The third-order valence-electron chi connectivity index (χ3n) is 3.43. The van der Waals surface area contributed by atoms with Crippen molar-refractivity contribution in [2.75, 3.05) is 14.2 Å². The van der Waals surface area contributed by atoms with Crippen LogP contribution in [0.15, 0.2) is 36.4 Å². The first-order chi connectivity index (χ1) is 11.0. The van der Waals surface area contributed by atoms with Crippen molar-refractivity contribution < 1.29 is 23.0 Å². The quantitative estimate of drug-likeness (QED) is 0.917. The van der Waals surface area contributed by atoms with Crippen LogP contribution in [-0.2, 0) is 0 Å². The third kappa shape index (κ3) is 3.77. The van der Waals surface area contributed by atoms with Gasteiger partial charge in [-0.25, -0.2) is 8.78 Å². The fourth-order valence-electron chi connectivity index (χ4n) is 2.15. The van der Waals surface area contributed by atoms with E-state index >= 15 is 0 Å². The summed E-state index contributed by atoms with van der Waals surface area (Å²) in [5.74, 6) is -1.06. The normalized spacial score (nSPS) is 11.7. The summed E-state index contributed by atoms with van der Waals surface area (Å²) in [4.78, 5) is 12.1. The molecule has 2 rings (SSSR count). The van der Waals surface area contributed by atoms with Crippen LogP contribution in [0.5, 0.6) is 11.5 Å². The van der Waals surface area contributed by atoms with E-state index in [1.54, 1.807) is 25.1 Å². The highest BCUT2D eigenvalue weighted by Crippen LogP contribution is 2.30. The second-order valence-corrected chi connectivity index (χ2v) is 4.93. The first-order valence-corrected chi connectivity index (χ1v) is 6.94. The number of hydrogen-bond acceptors (Lipinski definition) is 3. The van der Waals surface area contributed by atoms with Crippen molar-refractivity contribution in [3.05, 3.63) is 59.2 Å². The van der Waals surface area contributed by atoms with Crippen molar-refractivity contribution in [3.8, 4) is 11.5 Å². The molecule has 0 radical (unpaired) electrons. The fourth-order valence-corrected chi connectivity index (χ4v) is 2.15. The van der Waals surface area contributed by atoms with E-state index in [2.05, 4.69) is 5.32 Å². The van der Waals surface area contributed by atoms with E-state index < -0.39 is 23.6 Å². The van der Waals surface area contributed by atoms with E-state index in [-0.39, 0.29) is 5.56 Å². The topological polar surface area (TPSA) is 47.6 Å². The zero-order chi connectivity index (χ0) is 17.0. The molecule has 6 heteroatoms. The lowest BCUT2D eigenvalue weighted by Crippen LogP contribution is -2.27. The number of nitrogens with one attached hydrogen (secondary N) is 1. The molecule has 2 aromatic carbocycles. The van der Waals surface area contributed by atoms with Crippen LogP contribution in [0.2, 0.25) is 0 Å². The molecule has 0 aliphatic heterocycles. The van der Waals surface area contributed by atoms with Gasteiger partial charge in [0, 0.05) is 0 Å². The van der Waals surface area contributed by atoms with Crippen LogP contribution in [0.1, 0.15) is 28.9 Å². The molecule has 1 N–H and O–H groups in total. The Morgan fingerprint density at radius 3 is 2.39 bits per heavy atom. The highest BCUT2D eigenvalue weighted by Gasteiger charge is 2.17. The summed E-state index contributed by atoms with van der Waals surface area (Å²) >= 11 is 0. The second kappa shape index (κ2) is 7.09. The molecule has 1 atom stereocenters. The van der Waals surface area contributed by atoms with Gasteiger partial charge in [0.25, 0.3) is 5.91 Å². The van der Waals surface area contributed by atoms with Crippen molar-refractivity contribution in [2.24, 2.45) is 0 Å². The maximum Gasteiger partial charge on any atom is 0.254 e. The minimum atomic E-state index is -0.775. The zero-order valence-electron chi connectivity index (χ0n) is 13.0. The van der Waals surface area contributed by atoms with Crippen molar-refractivity contribution in [1.82, 2.24) is 5.32 Å². The lowest BCUT2D eigenvalue weighted by Gasteiger charge is -2.17. The molecule has 0 fully saturated rings. The molecular formula is C17H17F2NO3. The smallest absolute Gasteiger partial charge is 0.254 e. The molecule has 2 aromatic rings. The number of rotatable bonds is 5. The van der Waals surface area contributed by atoms with Crippen LogP contribution in [0, 0.1) is 11.6 Å². The van der Waals surface area contributed by atoms with Gasteiger partial charge >= 0.3 is 0 Å². The number of ether oxygens (including phenoxy) is 2. The molecule has 0 aliphatic carbocycles. The van der Waals surface area contributed by atoms with E-state index in [1.165, 1.54) is 14.2 Å². The summed E-state index contributed by atoms with van der Waals surface area (Å²) in [6.45, 7) is 1.73. The van der Waals surface area contributed by atoms with Gasteiger partial charge in [-0.3, -0.25) is 4.79 Å². The lowest BCUT2D eigenvalue weighted by atomic mass is 10.1. The number of amides is 1. The molecule has 23 heavy (non-hydrogen) atoms. The number of halogens is 2. The molecule has 0 aromatic heterocycles. The van der Waals surface area contributed by atoms with Crippen LogP contribution in [-0.4, -0.2) is 20.1 Å². The first kappa shape index (κ1) is 16.7. The van der Waals surface area contributed by atoms with Gasteiger partial charge in [-0.1, -0.05) is 6.07 Å². The molecule has 122 valence electrons. The zero-order valence-corrected chi connectivity index (χ0v) is 13.0. The van der Waals surface area contributed by atoms with Crippen LogP contribution in [0.4, 0.5) is 8.78 Å². The van der Waals surface area contributed by atoms with Gasteiger partial charge in [0.1, 0.15) is 11.6 Å². The predicted octanol–water partition coefficient (Wildman–Crippen LogP) is 3.47. The minimum Gasteiger partial charge on any atom is -0.493 e. The standard InChI is InChI=1S/C17H17F2NO3/c1-10(11-4-7-15(22-2)16(8-11)23-3)20-17(21)13-9-12(18)5-6-14(13)19/h4-10H,1-3H3,(H,20,21)/t10-/m0/s1. The Morgan fingerprint density at radius 1 is 1.04 bits per heavy atom. The van der Waals surface area contributed by atoms with E-state index in [1.807, 2.05) is 0 Å². The lowest BCUT2D eigenvalue weighted by molar-refractivity contribution is 0.0935. The Kier molecular flexibility index (Phi) is 5.16. The van der Waals surface area contributed by atoms with Crippen molar-refractivity contribution in [1.29, 1.82) is 0 Å². The molecule has 0 bridgehead atoms. The van der Waals surface area contributed by atoms with Crippen LogP contribution >= 0.6 is 0 Å². The molecular weight excluding hydrogens is 304 g/mol. The van der Waals surface area contributed by atoms with Gasteiger partial charge in [0.15, 0.2) is 11.5 Å². The maximum absolute atomic E-state index is 13.6. The number of benzene rings is 2. The fraction of sp³-hybridized carbons (Fsp3) is 0.235. The summed E-state index contributed by atoms with van der Waals surface area (Å²) in [6, 6.07) is 7.51. The number of carbonyl (C=O) groups excluding carboxylic acids is 1. The van der Waals surface area contributed by atoms with Gasteiger partial charge in [-0.15, -0.1) is 0 Å². The molecule has 0 saturated carbocycles. The Labute approximate surface area is 133 Å². The summed E-state index contributed by atoms with van der Waals surface area (Å²) in [5, 5.41) is 2.63. The second-order valence-electron chi connectivity index (χ2n) is 4.93. The van der Waals surface area contributed by atoms with Gasteiger partial charge in [0.05, 0.1) is 25.8 Å². The molecule has 0 heterocycles. The summed E-state index contributed by atoms with van der Waals surface area (Å²) < 4.78 is 37.2. The Morgan fingerprint density at radius 2 is 1.74 bits per heavy atom. The van der Waals surface area contributed by atoms with Gasteiger partial charge < -0.3 is 14.8 Å². The maximum atomic E-state index is 13.6. The summed E-state index contributed by atoms with van der Waals surface area (Å²) in [7, 11) is 3.03. The van der Waals surface area contributed by atoms with Crippen LogP contribution in [0.3, 0.4) is 0 Å². The van der Waals surface area contributed by atoms with Crippen molar-refractivity contribution >= 4 is 5.91 Å². The van der Waals surface area contributed by atoms with Crippen LogP contribution < -0.4 is 14.8 Å². The Bertz CT molecular complexity index is 719. The molecule has 4 nitrogen and oxygen atoms in total. The SMILES string of the molecule is COc1ccc([C@H](C)NC(=O)c2cc(F)ccc2F)cc1OC. The minimum absolute atomic E-state index is 0.336. The summed E-state index contributed by atoms with van der Waals surface area (Å²) in [5.41, 5.74) is 0.408. The van der Waals surface area contributed by atoms with E-state index in [0.29, 0.717) is 11.5 Å². The number of carbonyl (C=O) groups is 1. The largest absolute Gasteiger partial charge is 0.493 e. The highest BCUT2D eigenvalue weighted by molar-refractivity contribution is 5.94. The van der Waals surface area contributed by atoms with Crippen molar-refractivity contribution in [3.63, 3.8) is 0 Å². The third-order valence-corrected chi connectivity index (χ3v) is 3.43. The molecule has 1 amide bonds. The predicted molar refractivity (Wildman–Crippen MR) is 81.8 cm³/mol. The van der Waals surface area contributed by atoms with E-state index in [4.69, 9.17) is 9.47 Å². The van der Waals surface area contributed by atoms with E-state index in [0.717, 1.165) is 23.8 Å². The number of hydrogen-bond donors (Lipinski definition) is 1. The number of methoxy groups -OCH3 is 2. The van der Waals surface area contributed by atoms with Gasteiger partial charge in [-0.2, -0.15) is 0 Å². The summed E-state index contributed by atoms with van der Waals surface area (Å²) in [6.07, 6.45) is 0. The van der Waals surface area contributed by atoms with Crippen LogP contribution in [0.25, 0.3) is 0 Å². The first-order valence-electron chi connectivity index (χ1n) is 6.94. The average Bonchev–Trinajstić information content (AvgIpc) is 2.56. The molecule has 0 spiro atoms. The molecule has 0 unspecified atom stereocenters. The van der Waals surface area contributed by atoms with Gasteiger partial charge in [0.2, 0.25) is 0 Å². The Balaban J connectivity index is 2.19. The van der Waals surface area contributed by atoms with Gasteiger partial charge in [-0.05, 0) is 42.8 Å². The molecule has 0 saturated heterocycles. The molecule has 0 aliphatic rings. The Hall–Kier alpha value is -2.63. The van der Waals surface area contributed by atoms with E-state index in [9.17, 15) is 13.6 Å². The van der Waals surface area contributed by atoms with Crippen molar-refractivity contribution in [2.45, 2.75) is 13.0 Å². The monoisotopic (exact) mass is 321 g/mol. The highest BCUT2D eigenvalue weighted by atomic mass is 19.1.